The van der Waals surface area contributed by atoms with Crippen molar-refractivity contribution in [2.45, 2.75) is 82.6 Å². The van der Waals surface area contributed by atoms with Gasteiger partial charge in [-0.05, 0) is 31.7 Å². The van der Waals surface area contributed by atoms with Gasteiger partial charge in [0.05, 0.1) is 12.5 Å². The molecular weight excluding hydrogens is 560 g/mol. The number of benzene rings is 1. The number of guanidine groups is 1. The Hall–Kier alpha value is -4.53. The molecular formula is C28H42N8O7. The lowest BCUT2D eigenvalue weighted by molar-refractivity contribution is -0.141. The smallest absolute Gasteiger partial charge is 0.305 e. The third-order valence-electron chi connectivity index (χ3n) is 6.64. The molecule has 0 bridgehead atoms. The number of carboxylic acids is 1. The van der Waals surface area contributed by atoms with Gasteiger partial charge in [0.2, 0.25) is 23.6 Å². The predicted octanol–water partition coefficient (Wildman–Crippen LogP) is -1.59. The number of nitrogens with two attached hydrogens (primary N) is 2. The zero-order valence-corrected chi connectivity index (χ0v) is 24.3. The van der Waals surface area contributed by atoms with E-state index in [-0.39, 0.29) is 62.5 Å². The highest BCUT2D eigenvalue weighted by molar-refractivity contribution is 5.95. The first kappa shape index (κ1) is 34.7. The number of carbonyl (C=O) groups excluding carboxylic acids is 5. The van der Waals surface area contributed by atoms with Gasteiger partial charge in [-0.2, -0.15) is 0 Å². The summed E-state index contributed by atoms with van der Waals surface area (Å²) in [6, 6.07) is 5.30. The van der Waals surface area contributed by atoms with E-state index in [1.54, 1.807) is 31.2 Å². The highest BCUT2D eigenvalue weighted by atomic mass is 16.4. The number of nitrogens with one attached hydrogen (secondary N) is 5. The van der Waals surface area contributed by atoms with Gasteiger partial charge >= 0.3 is 5.97 Å². The zero-order valence-electron chi connectivity index (χ0n) is 24.3. The van der Waals surface area contributed by atoms with Crippen LogP contribution in [0.25, 0.3) is 0 Å². The number of aliphatic imine (C=N–C) groups is 1. The largest absolute Gasteiger partial charge is 0.481 e. The second-order valence-electron chi connectivity index (χ2n) is 10.4. The summed E-state index contributed by atoms with van der Waals surface area (Å²) in [4.78, 5) is 79.9. The fourth-order valence-electron chi connectivity index (χ4n) is 4.38. The van der Waals surface area contributed by atoms with Gasteiger partial charge in [-0.25, -0.2) is 0 Å². The Morgan fingerprint density at radius 3 is 2.35 bits per heavy atom. The van der Waals surface area contributed by atoms with E-state index >= 15 is 0 Å². The van der Waals surface area contributed by atoms with E-state index in [1.807, 2.05) is 6.07 Å². The molecule has 15 heteroatoms. The Kier molecular flexibility index (Phi) is 14.6. The number of hydrogen-bond acceptors (Lipinski definition) is 8. The highest BCUT2D eigenvalue weighted by Crippen LogP contribution is 2.08. The van der Waals surface area contributed by atoms with Gasteiger partial charge in [-0.3, -0.25) is 33.8 Å². The van der Waals surface area contributed by atoms with Crippen LogP contribution in [0.5, 0.6) is 0 Å². The first-order chi connectivity index (χ1) is 20.4. The van der Waals surface area contributed by atoms with Crippen molar-refractivity contribution in [2.24, 2.45) is 16.5 Å². The van der Waals surface area contributed by atoms with Gasteiger partial charge in [0.15, 0.2) is 5.96 Å². The Labute approximate surface area is 250 Å². The van der Waals surface area contributed by atoms with E-state index in [0.29, 0.717) is 19.4 Å². The van der Waals surface area contributed by atoms with Crippen LogP contribution in [0, 0.1) is 0 Å². The Balaban J connectivity index is 2.21. The van der Waals surface area contributed by atoms with Crippen LogP contribution in [0.15, 0.2) is 35.3 Å². The Morgan fingerprint density at radius 1 is 0.977 bits per heavy atom. The van der Waals surface area contributed by atoms with Crippen molar-refractivity contribution < 1.29 is 33.9 Å². The summed E-state index contributed by atoms with van der Waals surface area (Å²) in [5, 5.41) is 22.8. The van der Waals surface area contributed by atoms with Crippen LogP contribution in [0.3, 0.4) is 0 Å². The van der Waals surface area contributed by atoms with Gasteiger partial charge < -0.3 is 43.2 Å². The van der Waals surface area contributed by atoms with E-state index < -0.39 is 48.2 Å². The second-order valence-corrected chi connectivity index (χ2v) is 10.4. The summed E-state index contributed by atoms with van der Waals surface area (Å²) in [6.45, 7) is 2.45. The van der Waals surface area contributed by atoms with Crippen molar-refractivity contribution in [2.75, 3.05) is 13.1 Å². The number of carbonyl (C=O) groups is 6. The minimum Gasteiger partial charge on any atom is -0.481 e. The van der Waals surface area contributed by atoms with Crippen LogP contribution >= 0.6 is 0 Å². The number of rotatable bonds is 9. The average Bonchev–Trinajstić information content (AvgIpc) is 2.95. The normalized spacial score (nSPS) is 22.7. The van der Waals surface area contributed by atoms with Gasteiger partial charge in [0.25, 0.3) is 0 Å². The van der Waals surface area contributed by atoms with Gasteiger partial charge in [-0.15, -0.1) is 0 Å². The van der Waals surface area contributed by atoms with Gasteiger partial charge in [-0.1, -0.05) is 30.3 Å². The molecule has 15 nitrogen and oxygen atoms in total. The number of carboxylic acid groups (broad SMARTS) is 1. The maximum absolute atomic E-state index is 13.1. The molecule has 2 rings (SSSR count). The SMILES string of the molecule is C[C@H]1CNC(CCCN=C(N)N)C(=O)CCC(=O)NC(CC(=O)O)C(=O)NC(C(=O)NCc2ccccc2)CCC(=O)N1. The number of Topliss-reactive ketones (excluding diaryl/α,β-unsaturated/α-hetero) is 1. The molecule has 1 saturated heterocycles. The lowest BCUT2D eigenvalue weighted by Crippen LogP contribution is -2.54. The maximum Gasteiger partial charge on any atom is 0.305 e. The van der Waals surface area contributed by atoms with Crippen molar-refractivity contribution in [3.8, 4) is 0 Å². The van der Waals surface area contributed by atoms with Crippen molar-refractivity contribution in [3.63, 3.8) is 0 Å². The summed E-state index contributed by atoms with van der Waals surface area (Å²) in [5.74, 6) is -4.28. The molecule has 1 aromatic carbocycles. The molecule has 1 aliphatic heterocycles. The Morgan fingerprint density at radius 2 is 1.67 bits per heavy atom. The number of hydrogen-bond donors (Lipinski definition) is 8. The monoisotopic (exact) mass is 602 g/mol. The molecule has 1 fully saturated rings. The first-order valence-electron chi connectivity index (χ1n) is 14.2. The van der Waals surface area contributed by atoms with Crippen LogP contribution in [0.4, 0.5) is 0 Å². The summed E-state index contributed by atoms with van der Waals surface area (Å²) in [7, 11) is 0. The number of ketones is 1. The topological polar surface area (TPSA) is 247 Å². The van der Waals surface area contributed by atoms with E-state index in [4.69, 9.17) is 11.5 Å². The van der Waals surface area contributed by atoms with E-state index in [9.17, 15) is 33.9 Å². The number of aliphatic carboxylic acids is 1. The molecule has 10 N–H and O–H groups in total. The van der Waals surface area contributed by atoms with Crippen molar-refractivity contribution in [3.05, 3.63) is 35.9 Å². The molecule has 0 saturated carbocycles. The quantitative estimate of drug-likeness (QED) is 0.0914. The standard InChI is InChI=1S/C28H42N8O7/c1-17-15-32-19(8-5-13-31-28(29)30)22(37)10-12-24(39)35-21(14-25(40)41)27(43)36-20(9-11-23(38)34-17)26(42)33-16-18-6-3-2-4-7-18/h2-4,6-7,17,19-21,32H,5,8-16H2,1H3,(H,33,42)(H,34,38)(H,35,39)(H,36,43)(H,40,41)(H4,29,30,31)/t17-,19?,20?,21?/m0/s1. The van der Waals surface area contributed by atoms with Crippen molar-refractivity contribution in [1.29, 1.82) is 0 Å². The highest BCUT2D eigenvalue weighted by Gasteiger charge is 2.30. The molecule has 0 aromatic heterocycles. The average molecular weight is 603 g/mol. The molecule has 3 unspecified atom stereocenters. The summed E-state index contributed by atoms with van der Waals surface area (Å²) >= 11 is 0. The molecule has 4 amide bonds. The first-order valence-corrected chi connectivity index (χ1v) is 14.2. The lowest BCUT2D eigenvalue weighted by Gasteiger charge is -2.23. The van der Waals surface area contributed by atoms with Crippen LogP contribution in [0.2, 0.25) is 0 Å². The maximum atomic E-state index is 13.1. The molecule has 0 aliphatic carbocycles. The molecule has 1 aromatic rings. The summed E-state index contributed by atoms with van der Waals surface area (Å²) in [5.41, 5.74) is 11.5. The minimum atomic E-state index is -1.51. The Bertz CT molecular complexity index is 1160. The molecule has 236 valence electrons. The van der Waals surface area contributed by atoms with E-state index in [2.05, 4.69) is 31.6 Å². The van der Waals surface area contributed by atoms with Gasteiger partial charge in [0.1, 0.15) is 17.9 Å². The molecule has 1 aliphatic rings. The molecule has 1 heterocycles. The van der Waals surface area contributed by atoms with Crippen molar-refractivity contribution >= 4 is 41.3 Å². The fourth-order valence-corrected chi connectivity index (χ4v) is 4.38. The third kappa shape index (κ3) is 13.8. The second kappa shape index (κ2) is 18.1. The van der Waals surface area contributed by atoms with Crippen LogP contribution in [-0.2, 0) is 35.3 Å². The van der Waals surface area contributed by atoms with Crippen LogP contribution in [0.1, 0.15) is 57.4 Å². The predicted molar refractivity (Wildman–Crippen MR) is 157 cm³/mol. The van der Waals surface area contributed by atoms with E-state index in [1.165, 1.54) is 0 Å². The van der Waals surface area contributed by atoms with Crippen LogP contribution < -0.4 is 38.1 Å². The van der Waals surface area contributed by atoms with Crippen molar-refractivity contribution in [1.82, 2.24) is 26.6 Å². The molecule has 0 radical (unpaired) electrons. The number of amides is 4. The molecule has 4 atom stereocenters. The molecule has 0 spiro atoms. The molecule has 43 heavy (non-hydrogen) atoms. The third-order valence-corrected chi connectivity index (χ3v) is 6.64. The fraction of sp³-hybridized carbons (Fsp3) is 0.536. The summed E-state index contributed by atoms with van der Waals surface area (Å²) in [6.07, 6.45) is -0.607. The van der Waals surface area contributed by atoms with Gasteiger partial charge in [0, 0.05) is 44.9 Å². The minimum absolute atomic E-state index is 0.0722. The van der Waals surface area contributed by atoms with Crippen LogP contribution in [-0.4, -0.2) is 83.7 Å². The lowest BCUT2D eigenvalue weighted by atomic mass is 10.0. The summed E-state index contributed by atoms with van der Waals surface area (Å²) < 4.78 is 0. The number of nitrogens with zero attached hydrogens (tertiary/aromatic N) is 1. The zero-order chi connectivity index (χ0) is 31.8. The van der Waals surface area contributed by atoms with E-state index in [0.717, 1.165) is 5.56 Å².